The van der Waals surface area contributed by atoms with Gasteiger partial charge in [0, 0.05) is 0 Å². The molecule has 0 atom stereocenters. The van der Waals surface area contributed by atoms with Crippen LogP contribution in [0.25, 0.3) is 0 Å². The van der Waals surface area contributed by atoms with E-state index >= 15 is 0 Å². The molecular weight excluding hydrogens is 222 g/mol. The van der Waals surface area contributed by atoms with E-state index in [4.69, 9.17) is 10.5 Å². The Bertz CT molecular complexity index is 538. The minimum Gasteiger partial charge on any atom is -0.486 e. The lowest BCUT2D eigenvalue weighted by Gasteiger charge is -2.13. The molecule has 0 aliphatic carbocycles. The molecule has 2 N–H and O–H groups in total. The number of rotatable bonds is 3. The van der Waals surface area contributed by atoms with Crippen molar-refractivity contribution in [1.82, 2.24) is 0 Å². The number of nitrogen functional groups attached to an aromatic ring is 1. The fourth-order valence-corrected chi connectivity index (χ4v) is 2.11. The summed E-state index contributed by atoms with van der Waals surface area (Å²) in [6.07, 6.45) is 0. The molecule has 0 saturated carbocycles. The van der Waals surface area contributed by atoms with Gasteiger partial charge in [-0.25, -0.2) is 0 Å². The summed E-state index contributed by atoms with van der Waals surface area (Å²) in [6, 6.07) is 12.3. The minimum atomic E-state index is 0.556. The van der Waals surface area contributed by atoms with Gasteiger partial charge in [0.05, 0.1) is 5.69 Å². The van der Waals surface area contributed by atoms with Crippen LogP contribution in [0.15, 0.2) is 36.4 Å². The van der Waals surface area contributed by atoms with Crippen molar-refractivity contribution in [3.8, 4) is 5.75 Å². The predicted molar refractivity (Wildman–Crippen MR) is 75.8 cm³/mol. The second-order valence-corrected chi connectivity index (χ2v) is 4.72. The van der Waals surface area contributed by atoms with Crippen molar-refractivity contribution in [3.63, 3.8) is 0 Å². The molecule has 0 heterocycles. The highest BCUT2D eigenvalue weighted by Gasteiger charge is 2.06. The third-order valence-corrected chi connectivity index (χ3v) is 3.08. The molecule has 2 heteroatoms. The summed E-state index contributed by atoms with van der Waals surface area (Å²) in [7, 11) is 0. The third kappa shape index (κ3) is 2.65. The first-order valence-electron chi connectivity index (χ1n) is 6.12. The van der Waals surface area contributed by atoms with E-state index in [1.807, 2.05) is 32.0 Å². The first kappa shape index (κ1) is 12.5. The SMILES string of the molecule is Cc1cc(C)c(OCc2ccccc2C)c(N)c1. The van der Waals surface area contributed by atoms with E-state index in [1.54, 1.807) is 0 Å². The lowest BCUT2D eigenvalue weighted by atomic mass is 10.1. The van der Waals surface area contributed by atoms with Crippen molar-refractivity contribution in [2.75, 3.05) is 5.73 Å². The van der Waals surface area contributed by atoms with Crippen molar-refractivity contribution < 1.29 is 4.74 Å². The molecule has 18 heavy (non-hydrogen) atoms. The average molecular weight is 241 g/mol. The average Bonchev–Trinajstić information content (AvgIpc) is 2.30. The molecule has 0 aliphatic rings. The molecular formula is C16H19NO. The molecule has 2 nitrogen and oxygen atoms in total. The van der Waals surface area contributed by atoms with Crippen LogP contribution in [0.3, 0.4) is 0 Å². The van der Waals surface area contributed by atoms with Crippen molar-refractivity contribution in [1.29, 1.82) is 0 Å². The van der Waals surface area contributed by atoms with Gasteiger partial charge < -0.3 is 10.5 Å². The van der Waals surface area contributed by atoms with Crippen molar-refractivity contribution in [3.05, 3.63) is 58.7 Å². The molecule has 0 aromatic heterocycles. The molecule has 2 aromatic rings. The molecule has 0 unspecified atom stereocenters. The molecule has 0 amide bonds. The third-order valence-electron chi connectivity index (χ3n) is 3.08. The highest BCUT2D eigenvalue weighted by molar-refractivity contribution is 5.58. The second-order valence-electron chi connectivity index (χ2n) is 4.72. The number of hydrogen-bond acceptors (Lipinski definition) is 2. The zero-order valence-corrected chi connectivity index (χ0v) is 11.2. The Morgan fingerprint density at radius 2 is 1.72 bits per heavy atom. The lowest BCUT2D eigenvalue weighted by molar-refractivity contribution is 0.305. The summed E-state index contributed by atoms with van der Waals surface area (Å²) >= 11 is 0. The van der Waals surface area contributed by atoms with E-state index in [1.165, 1.54) is 11.1 Å². The summed E-state index contributed by atoms with van der Waals surface area (Å²) in [5, 5.41) is 0. The van der Waals surface area contributed by atoms with Crippen LogP contribution in [0.5, 0.6) is 5.75 Å². The molecule has 94 valence electrons. The first-order valence-corrected chi connectivity index (χ1v) is 6.12. The Morgan fingerprint density at radius 1 is 1.00 bits per heavy atom. The van der Waals surface area contributed by atoms with E-state index in [0.717, 1.165) is 16.9 Å². The molecule has 0 aliphatic heterocycles. The van der Waals surface area contributed by atoms with Gasteiger partial charge in [0.25, 0.3) is 0 Å². The van der Waals surface area contributed by atoms with E-state index in [0.29, 0.717) is 12.3 Å². The Labute approximate surface area is 108 Å². The van der Waals surface area contributed by atoms with Crippen LogP contribution in [0.1, 0.15) is 22.3 Å². The summed E-state index contributed by atoms with van der Waals surface area (Å²) in [5.74, 6) is 0.795. The number of anilines is 1. The highest BCUT2D eigenvalue weighted by atomic mass is 16.5. The molecule has 0 bridgehead atoms. The molecule has 0 saturated heterocycles. The van der Waals surface area contributed by atoms with Crippen LogP contribution in [0.2, 0.25) is 0 Å². The second kappa shape index (κ2) is 5.13. The number of hydrogen-bond donors (Lipinski definition) is 1. The quantitative estimate of drug-likeness (QED) is 0.830. The Balaban J connectivity index is 2.19. The number of nitrogens with two attached hydrogens (primary N) is 1. The Morgan fingerprint density at radius 3 is 2.39 bits per heavy atom. The summed E-state index contributed by atoms with van der Waals surface area (Å²) in [4.78, 5) is 0. The largest absolute Gasteiger partial charge is 0.486 e. The molecule has 0 fully saturated rings. The van der Waals surface area contributed by atoms with E-state index in [2.05, 4.69) is 25.1 Å². The molecule has 2 rings (SSSR count). The number of benzene rings is 2. The van der Waals surface area contributed by atoms with Crippen LogP contribution in [-0.4, -0.2) is 0 Å². The van der Waals surface area contributed by atoms with Crippen molar-refractivity contribution >= 4 is 5.69 Å². The standard InChI is InChI=1S/C16H19NO/c1-11-8-13(3)16(15(17)9-11)18-10-14-7-5-4-6-12(14)2/h4-9H,10,17H2,1-3H3. The molecule has 0 radical (unpaired) electrons. The normalized spacial score (nSPS) is 10.4. The maximum Gasteiger partial charge on any atom is 0.145 e. The van der Waals surface area contributed by atoms with Gasteiger partial charge in [-0.1, -0.05) is 30.3 Å². The monoisotopic (exact) mass is 241 g/mol. The van der Waals surface area contributed by atoms with Crippen LogP contribution in [-0.2, 0) is 6.61 Å². The van der Waals surface area contributed by atoms with Gasteiger partial charge in [-0.3, -0.25) is 0 Å². The topological polar surface area (TPSA) is 35.2 Å². The predicted octanol–water partition coefficient (Wildman–Crippen LogP) is 3.77. The van der Waals surface area contributed by atoms with Gasteiger partial charge in [-0.15, -0.1) is 0 Å². The van der Waals surface area contributed by atoms with Gasteiger partial charge >= 0.3 is 0 Å². The smallest absolute Gasteiger partial charge is 0.145 e. The van der Waals surface area contributed by atoms with Crippen molar-refractivity contribution in [2.45, 2.75) is 27.4 Å². The fourth-order valence-electron chi connectivity index (χ4n) is 2.11. The number of aryl methyl sites for hydroxylation is 3. The van der Waals surface area contributed by atoms with Gasteiger partial charge in [-0.2, -0.15) is 0 Å². The highest BCUT2D eigenvalue weighted by Crippen LogP contribution is 2.28. The van der Waals surface area contributed by atoms with Gasteiger partial charge in [0.1, 0.15) is 12.4 Å². The molecule has 0 spiro atoms. The van der Waals surface area contributed by atoms with E-state index in [-0.39, 0.29) is 0 Å². The minimum absolute atomic E-state index is 0.556. The zero-order chi connectivity index (χ0) is 13.1. The van der Waals surface area contributed by atoms with Crippen LogP contribution < -0.4 is 10.5 Å². The molecule has 2 aromatic carbocycles. The summed E-state index contributed by atoms with van der Waals surface area (Å²) < 4.78 is 5.86. The maximum atomic E-state index is 6.00. The Hall–Kier alpha value is -1.96. The van der Waals surface area contributed by atoms with Crippen molar-refractivity contribution in [2.24, 2.45) is 0 Å². The summed E-state index contributed by atoms with van der Waals surface area (Å²) in [6.45, 7) is 6.70. The first-order chi connectivity index (χ1) is 8.58. The zero-order valence-electron chi connectivity index (χ0n) is 11.2. The van der Waals surface area contributed by atoms with Gasteiger partial charge in [0.2, 0.25) is 0 Å². The lowest BCUT2D eigenvalue weighted by Crippen LogP contribution is -2.02. The van der Waals surface area contributed by atoms with E-state index in [9.17, 15) is 0 Å². The fraction of sp³-hybridized carbons (Fsp3) is 0.250. The van der Waals surface area contributed by atoms with Crippen LogP contribution in [0.4, 0.5) is 5.69 Å². The maximum absolute atomic E-state index is 6.00. The van der Waals surface area contributed by atoms with Crippen LogP contribution in [0, 0.1) is 20.8 Å². The van der Waals surface area contributed by atoms with Crippen LogP contribution >= 0.6 is 0 Å². The van der Waals surface area contributed by atoms with Gasteiger partial charge in [0.15, 0.2) is 0 Å². The van der Waals surface area contributed by atoms with E-state index < -0.39 is 0 Å². The summed E-state index contributed by atoms with van der Waals surface area (Å²) in [5.41, 5.74) is 11.4. The Kier molecular flexibility index (Phi) is 3.56. The number of ether oxygens (including phenoxy) is 1. The van der Waals surface area contributed by atoms with Gasteiger partial charge in [-0.05, 0) is 49.1 Å².